The molecule has 1 aromatic rings. The van der Waals surface area contributed by atoms with Gasteiger partial charge in [-0.05, 0) is 24.6 Å². The summed E-state index contributed by atoms with van der Waals surface area (Å²) in [5, 5.41) is 0. The van der Waals surface area contributed by atoms with Crippen molar-refractivity contribution in [1.29, 1.82) is 0 Å². The zero-order chi connectivity index (χ0) is 12.7. The van der Waals surface area contributed by atoms with Crippen LogP contribution in [0.4, 0.5) is 0 Å². The molecule has 0 aliphatic heterocycles. The number of nitrogens with one attached hydrogen (secondary N) is 1. The van der Waals surface area contributed by atoms with Crippen LogP contribution in [0.2, 0.25) is 0 Å². The predicted molar refractivity (Wildman–Crippen MR) is 69.2 cm³/mol. The lowest BCUT2D eigenvalue weighted by Crippen LogP contribution is -2.30. The number of halogens is 1. The summed E-state index contributed by atoms with van der Waals surface area (Å²) in [5.74, 6) is 0.758. The van der Waals surface area contributed by atoms with Crippen molar-refractivity contribution >= 4 is 21.6 Å². The summed E-state index contributed by atoms with van der Waals surface area (Å²) in [6.45, 7) is 2.51. The largest absolute Gasteiger partial charge is 0.492 e. The van der Waals surface area contributed by atoms with E-state index in [0.29, 0.717) is 6.61 Å². The van der Waals surface area contributed by atoms with Crippen LogP contribution in [0.15, 0.2) is 24.3 Å². The molecule has 0 aliphatic rings. The van der Waals surface area contributed by atoms with Gasteiger partial charge in [-0.3, -0.25) is 0 Å². The molecule has 0 heterocycles. The Hall–Kier alpha value is -0.780. The van der Waals surface area contributed by atoms with Gasteiger partial charge in [0.25, 0.3) is 0 Å². The first-order valence-corrected chi connectivity index (χ1v) is 7.45. The maximum absolute atomic E-state index is 11.2. The molecule has 1 aromatic carbocycles. The van der Waals surface area contributed by atoms with Gasteiger partial charge in [-0.2, -0.15) is 0 Å². The SMILES string of the molecule is Cc1cccc(OCCNS(=O)(=O)CCCl)c1. The monoisotopic (exact) mass is 277 g/mol. The van der Waals surface area contributed by atoms with Gasteiger partial charge >= 0.3 is 0 Å². The Kier molecular flexibility index (Phi) is 5.74. The first-order chi connectivity index (χ1) is 8.03. The van der Waals surface area contributed by atoms with E-state index >= 15 is 0 Å². The molecule has 0 atom stereocenters. The minimum atomic E-state index is -3.26. The van der Waals surface area contributed by atoms with Gasteiger partial charge in [0, 0.05) is 12.4 Å². The van der Waals surface area contributed by atoms with Gasteiger partial charge < -0.3 is 4.74 Å². The van der Waals surface area contributed by atoms with Crippen LogP contribution in [0.3, 0.4) is 0 Å². The highest BCUT2D eigenvalue weighted by molar-refractivity contribution is 7.89. The molecule has 0 aromatic heterocycles. The van der Waals surface area contributed by atoms with Gasteiger partial charge in [-0.25, -0.2) is 13.1 Å². The third-order valence-corrected chi connectivity index (χ3v) is 3.83. The molecule has 0 radical (unpaired) electrons. The second kappa shape index (κ2) is 6.83. The molecule has 0 bridgehead atoms. The van der Waals surface area contributed by atoms with Gasteiger partial charge in [0.15, 0.2) is 0 Å². The number of hydrogen-bond acceptors (Lipinski definition) is 3. The average molecular weight is 278 g/mol. The summed E-state index contributed by atoms with van der Waals surface area (Å²) in [6, 6.07) is 7.59. The zero-order valence-corrected chi connectivity index (χ0v) is 11.2. The van der Waals surface area contributed by atoms with Crippen molar-refractivity contribution in [2.45, 2.75) is 6.92 Å². The summed E-state index contributed by atoms with van der Waals surface area (Å²) in [5.41, 5.74) is 1.10. The van der Waals surface area contributed by atoms with Crippen LogP contribution >= 0.6 is 11.6 Å². The van der Waals surface area contributed by atoms with Crippen LogP contribution in [0, 0.1) is 6.92 Å². The van der Waals surface area contributed by atoms with E-state index in [0.717, 1.165) is 11.3 Å². The molecule has 1 rings (SSSR count). The number of aryl methyl sites for hydroxylation is 1. The van der Waals surface area contributed by atoms with Crippen molar-refractivity contribution in [3.05, 3.63) is 29.8 Å². The van der Waals surface area contributed by atoms with Gasteiger partial charge in [0.1, 0.15) is 12.4 Å². The van der Waals surface area contributed by atoms with Gasteiger partial charge in [-0.15, -0.1) is 11.6 Å². The standard InChI is InChI=1S/C11H16ClNO3S/c1-10-3-2-4-11(9-10)16-7-6-13-17(14,15)8-5-12/h2-4,9,13H,5-8H2,1H3. The van der Waals surface area contributed by atoms with E-state index in [4.69, 9.17) is 16.3 Å². The summed E-state index contributed by atoms with van der Waals surface area (Å²) < 4.78 is 30.3. The number of sulfonamides is 1. The van der Waals surface area contributed by atoms with Crippen molar-refractivity contribution in [2.75, 3.05) is 24.8 Å². The minimum absolute atomic E-state index is 0.0704. The highest BCUT2D eigenvalue weighted by Crippen LogP contribution is 2.11. The van der Waals surface area contributed by atoms with E-state index in [1.807, 2.05) is 31.2 Å². The number of hydrogen-bond donors (Lipinski definition) is 1. The molecule has 17 heavy (non-hydrogen) atoms. The molecule has 6 heteroatoms. The normalized spacial score (nSPS) is 11.4. The Labute approximate surface area is 107 Å². The Morgan fingerprint density at radius 3 is 2.82 bits per heavy atom. The first kappa shape index (κ1) is 14.3. The molecular weight excluding hydrogens is 262 g/mol. The highest BCUT2D eigenvalue weighted by atomic mass is 35.5. The van der Waals surface area contributed by atoms with Crippen LogP contribution in [0.25, 0.3) is 0 Å². The molecule has 1 N–H and O–H groups in total. The highest BCUT2D eigenvalue weighted by Gasteiger charge is 2.07. The molecule has 4 nitrogen and oxygen atoms in total. The van der Waals surface area contributed by atoms with E-state index in [1.165, 1.54) is 0 Å². The van der Waals surface area contributed by atoms with Crippen molar-refractivity contribution in [3.8, 4) is 5.75 Å². The fraction of sp³-hybridized carbons (Fsp3) is 0.455. The molecule has 0 saturated carbocycles. The molecule has 0 amide bonds. The lowest BCUT2D eigenvalue weighted by Gasteiger charge is -2.08. The van der Waals surface area contributed by atoms with Crippen LogP contribution in [-0.2, 0) is 10.0 Å². The Morgan fingerprint density at radius 2 is 2.18 bits per heavy atom. The molecule has 0 saturated heterocycles. The second-order valence-corrected chi connectivity index (χ2v) is 5.87. The maximum atomic E-state index is 11.2. The third-order valence-electron chi connectivity index (χ3n) is 2.03. The number of benzene rings is 1. The number of rotatable bonds is 7. The van der Waals surface area contributed by atoms with Crippen LogP contribution < -0.4 is 9.46 Å². The van der Waals surface area contributed by atoms with Gasteiger partial charge in [0.2, 0.25) is 10.0 Å². The number of alkyl halides is 1. The van der Waals surface area contributed by atoms with Crippen molar-refractivity contribution in [1.82, 2.24) is 4.72 Å². The second-order valence-electron chi connectivity index (χ2n) is 3.57. The Balaban J connectivity index is 2.29. The molecule has 0 fully saturated rings. The molecule has 0 unspecified atom stereocenters. The van der Waals surface area contributed by atoms with Crippen molar-refractivity contribution in [2.24, 2.45) is 0 Å². The molecule has 0 aliphatic carbocycles. The van der Waals surface area contributed by atoms with E-state index in [-0.39, 0.29) is 18.2 Å². The fourth-order valence-electron chi connectivity index (χ4n) is 1.24. The third kappa shape index (κ3) is 5.91. The van der Waals surface area contributed by atoms with Crippen molar-refractivity contribution in [3.63, 3.8) is 0 Å². The topological polar surface area (TPSA) is 55.4 Å². The maximum Gasteiger partial charge on any atom is 0.212 e. The van der Waals surface area contributed by atoms with Gasteiger partial charge in [-0.1, -0.05) is 12.1 Å². The smallest absolute Gasteiger partial charge is 0.212 e. The van der Waals surface area contributed by atoms with E-state index in [2.05, 4.69) is 4.72 Å². The van der Waals surface area contributed by atoms with E-state index < -0.39 is 10.0 Å². The summed E-state index contributed by atoms with van der Waals surface area (Å²) in [4.78, 5) is 0. The molecular formula is C11H16ClNO3S. The Bertz CT molecular complexity index is 448. The number of ether oxygens (including phenoxy) is 1. The van der Waals surface area contributed by atoms with Crippen LogP contribution in [0.5, 0.6) is 5.75 Å². The lowest BCUT2D eigenvalue weighted by molar-refractivity contribution is 0.322. The summed E-state index contributed by atoms with van der Waals surface area (Å²) in [7, 11) is -3.26. The first-order valence-electron chi connectivity index (χ1n) is 5.26. The summed E-state index contributed by atoms with van der Waals surface area (Å²) >= 11 is 5.36. The summed E-state index contributed by atoms with van der Waals surface area (Å²) in [6.07, 6.45) is 0. The zero-order valence-electron chi connectivity index (χ0n) is 9.65. The predicted octanol–water partition coefficient (Wildman–Crippen LogP) is 1.53. The van der Waals surface area contributed by atoms with E-state index in [1.54, 1.807) is 0 Å². The Morgan fingerprint density at radius 1 is 1.41 bits per heavy atom. The van der Waals surface area contributed by atoms with Crippen LogP contribution in [-0.4, -0.2) is 33.2 Å². The fourth-order valence-corrected chi connectivity index (χ4v) is 2.60. The quantitative estimate of drug-likeness (QED) is 0.607. The lowest BCUT2D eigenvalue weighted by atomic mass is 10.2. The van der Waals surface area contributed by atoms with Crippen LogP contribution in [0.1, 0.15) is 5.56 Å². The average Bonchev–Trinajstić information content (AvgIpc) is 2.24. The minimum Gasteiger partial charge on any atom is -0.492 e. The molecule has 0 spiro atoms. The van der Waals surface area contributed by atoms with Gasteiger partial charge in [0.05, 0.1) is 5.75 Å². The van der Waals surface area contributed by atoms with E-state index in [9.17, 15) is 8.42 Å². The molecule has 96 valence electrons. The van der Waals surface area contributed by atoms with Crippen molar-refractivity contribution < 1.29 is 13.2 Å².